The Morgan fingerprint density at radius 2 is 0.763 bits per heavy atom. The van der Waals surface area contributed by atoms with E-state index in [-0.39, 0.29) is 0 Å². The van der Waals surface area contributed by atoms with Crippen LogP contribution in [-0.2, 0) is 0 Å². The molecule has 9 aromatic carbocycles. The van der Waals surface area contributed by atoms with Crippen LogP contribution >= 0.6 is 0 Å². The minimum absolute atomic E-state index is 0.579. The van der Waals surface area contributed by atoms with Crippen LogP contribution in [0.25, 0.3) is 111 Å². The second kappa shape index (κ2) is 14.5. The van der Waals surface area contributed by atoms with Crippen molar-refractivity contribution in [3.63, 3.8) is 0 Å². The van der Waals surface area contributed by atoms with Crippen molar-refractivity contribution in [2.45, 2.75) is 0 Å². The number of fused-ring (bicyclic) bond motifs is 4. The lowest BCUT2D eigenvalue weighted by molar-refractivity contribution is 0.669. The van der Waals surface area contributed by atoms with Crippen LogP contribution in [0.4, 0.5) is 0 Å². The van der Waals surface area contributed by atoms with E-state index in [0.717, 1.165) is 71.7 Å². The predicted molar refractivity (Wildman–Crippen MR) is 243 cm³/mol. The zero-order chi connectivity index (χ0) is 39.1. The molecule has 0 radical (unpaired) electrons. The molecule has 0 aliphatic carbocycles. The van der Waals surface area contributed by atoms with Gasteiger partial charge in [0.2, 0.25) is 0 Å². The third kappa shape index (κ3) is 6.34. The number of benzene rings is 9. The molecule has 0 spiro atoms. The van der Waals surface area contributed by atoms with Crippen molar-refractivity contribution in [2.24, 2.45) is 0 Å². The fourth-order valence-electron chi connectivity index (χ4n) is 8.29. The van der Waals surface area contributed by atoms with Crippen LogP contribution in [0.3, 0.4) is 0 Å². The van der Waals surface area contributed by atoms with Crippen LogP contribution in [0.1, 0.15) is 0 Å². The van der Waals surface area contributed by atoms with E-state index in [0.29, 0.717) is 17.5 Å². The smallest absolute Gasteiger partial charge is 0.164 e. The van der Waals surface area contributed by atoms with E-state index in [9.17, 15) is 0 Å². The first-order valence-electron chi connectivity index (χ1n) is 19.8. The van der Waals surface area contributed by atoms with Gasteiger partial charge in [0.1, 0.15) is 11.2 Å². The van der Waals surface area contributed by atoms with Crippen LogP contribution in [0.5, 0.6) is 0 Å². The highest BCUT2D eigenvalue weighted by Crippen LogP contribution is 2.41. The lowest BCUT2D eigenvalue weighted by Gasteiger charge is -2.13. The van der Waals surface area contributed by atoms with Gasteiger partial charge < -0.3 is 4.42 Å². The largest absolute Gasteiger partial charge is 0.456 e. The molecular formula is C55H35N3O. The van der Waals surface area contributed by atoms with Crippen LogP contribution in [0.15, 0.2) is 217 Å². The molecule has 0 amide bonds. The van der Waals surface area contributed by atoms with Gasteiger partial charge >= 0.3 is 0 Å². The Kier molecular flexibility index (Phi) is 8.45. The summed E-state index contributed by atoms with van der Waals surface area (Å²) in [5.41, 5.74) is 13.6. The van der Waals surface area contributed by atoms with Gasteiger partial charge in [-0.25, -0.2) is 15.0 Å². The third-order valence-corrected chi connectivity index (χ3v) is 11.1. The number of rotatable bonds is 7. The number of aromatic nitrogens is 3. The van der Waals surface area contributed by atoms with Crippen LogP contribution < -0.4 is 0 Å². The van der Waals surface area contributed by atoms with Gasteiger partial charge in [0.25, 0.3) is 0 Å². The number of hydrogen-bond acceptors (Lipinski definition) is 4. The summed E-state index contributed by atoms with van der Waals surface area (Å²) in [4.78, 5) is 15.4. The molecule has 59 heavy (non-hydrogen) atoms. The summed E-state index contributed by atoms with van der Waals surface area (Å²) in [5.74, 6) is 1.81. The molecule has 11 rings (SSSR count). The molecule has 0 fully saturated rings. The molecule has 11 aromatic rings. The van der Waals surface area contributed by atoms with Gasteiger partial charge in [-0.1, -0.05) is 170 Å². The van der Waals surface area contributed by atoms with E-state index in [2.05, 4.69) is 176 Å². The fraction of sp³-hybridized carbons (Fsp3) is 0. The molecular weight excluding hydrogens is 719 g/mol. The first kappa shape index (κ1) is 34.3. The van der Waals surface area contributed by atoms with E-state index in [1.165, 1.54) is 22.3 Å². The first-order valence-corrected chi connectivity index (χ1v) is 19.8. The quantitative estimate of drug-likeness (QED) is 0.163. The molecule has 0 aliphatic rings. The van der Waals surface area contributed by atoms with Crippen LogP contribution in [-0.4, -0.2) is 15.0 Å². The van der Waals surface area contributed by atoms with E-state index in [1.54, 1.807) is 0 Å². The zero-order valence-corrected chi connectivity index (χ0v) is 32.0. The Balaban J connectivity index is 1.07. The highest BCUT2D eigenvalue weighted by atomic mass is 16.3. The SMILES string of the molecule is c1ccc(-c2cc(-c3ccccc3)cc(-c3cccc4oc5cc(-c6nc(-c7ccccc7)nc(-c7ccc(-c8ccccc8)c8ccccc78)n6)ccc5c34)c2)cc1. The first-order chi connectivity index (χ1) is 29.2. The van der Waals surface area contributed by atoms with Crippen LogP contribution in [0, 0.1) is 0 Å². The van der Waals surface area contributed by atoms with E-state index >= 15 is 0 Å². The Labute approximate surface area is 341 Å². The monoisotopic (exact) mass is 753 g/mol. The molecule has 4 nitrogen and oxygen atoms in total. The Morgan fingerprint density at radius 3 is 1.41 bits per heavy atom. The summed E-state index contributed by atoms with van der Waals surface area (Å²) in [6.45, 7) is 0. The second-order valence-electron chi connectivity index (χ2n) is 14.8. The molecule has 0 bridgehead atoms. The summed E-state index contributed by atoms with van der Waals surface area (Å²) < 4.78 is 6.68. The number of nitrogens with zero attached hydrogens (tertiary/aromatic N) is 3. The van der Waals surface area contributed by atoms with Gasteiger partial charge in [-0.15, -0.1) is 0 Å². The maximum Gasteiger partial charge on any atom is 0.164 e. The van der Waals surface area contributed by atoms with Crippen molar-refractivity contribution in [1.29, 1.82) is 0 Å². The van der Waals surface area contributed by atoms with Gasteiger partial charge in [0.15, 0.2) is 17.5 Å². The van der Waals surface area contributed by atoms with Crippen molar-refractivity contribution in [1.82, 2.24) is 15.0 Å². The maximum atomic E-state index is 6.68. The van der Waals surface area contributed by atoms with Crippen molar-refractivity contribution in [3.05, 3.63) is 212 Å². The average molecular weight is 754 g/mol. The molecule has 0 aliphatic heterocycles. The van der Waals surface area contributed by atoms with Crippen molar-refractivity contribution >= 4 is 32.7 Å². The van der Waals surface area contributed by atoms with Gasteiger partial charge in [0, 0.05) is 27.5 Å². The third-order valence-electron chi connectivity index (χ3n) is 11.1. The fourth-order valence-corrected chi connectivity index (χ4v) is 8.29. The summed E-state index contributed by atoms with van der Waals surface area (Å²) in [5, 5.41) is 4.33. The Morgan fingerprint density at radius 1 is 0.254 bits per heavy atom. The highest BCUT2D eigenvalue weighted by Gasteiger charge is 2.19. The van der Waals surface area contributed by atoms with E-state index in [1.807, 2.05) is 36.4 Å². The average Bonchev–Trinajstić information content (AvgIpc) is 3.70. The molecule has 276 valence electrons. The van der Waals surface area contributed by atoms with Gasteiger partial charge in [-0.3, -0.25) is 0 Å². The molecule has 0 N–H and O–H groups in total. The minimum atomic E-state index is 0.579. The summed E-state index contributed by atoms with van der Waals surface area (Å²) in [6, 6.07) is 74.1. The highest BCUT2D eigenvalue weighted by molar-refractivity contribution is 6.13. The maximum absolute atomic E-state index is 6.68. The second-order valence-corrected chi connectivity index (χ2v) is 14.8. The minimum Gasteiger partial charge on any atom is -0.456 e. The molecule has 0 unspecified atom stereocenters. The molecule has 2 aromatic heterocycles. The molecule has 4 heteroatoms. The van der Waals surface area contributed by atoms with Gasteiger partial charge in [0.05, 0.1) is 0 Å². The molecule has 0 atom stereocenters. The van der Waals surface area contributed by atoms with E-state index < -0.39 is 0 Å². The number of hydrogen-bond donors (Lipinski definition) is 0. The summed E-state index contributed by atoms with van der Waals surface area (Å²) in [7, 11) is 0. The van der Waals surface area contributed by atoms with Crippen molar-refractivity contribution in [3.8, 4) is 78.7 Å². The topological polar surface area (TPSA) is 51.8 Å². The lowest BCUT2D eigenvalue weighted by Crippen LogP contribution is -2.00. The number of furan rings is 1. The van der Waals surface area contributed by atoms with E-state index in [4.69, 9.17) is 19.4 Å². The summed E-state index contributed by atoms with van der Waals surface area (Å²) in [6.07, 6.45) is 0. The Hall–Kier alpha value is -7.95. The van der Waals surface area contributed by atoms with Gasteiger partial charge in [-0.05, 0) is 97.7 Å². The molecule has 2 heterocycles. The predicted octanol–water partition coefficient (Wildman–Crippen LogP) is 14.6. The zero-order valence-electron chi connectivity index (χ0n) is 32.0. The van der Waals surface area contributed by atoms with Crippen molar-refractivity contribution < 1.29 is 4.42 Å². The van der Waals surface area contributed by atoms with Crippen LogP contribution in [0.2, 0.25) is 0 Å². The lowest BCUT2D eigenvalue weighted by atomic mass is 9.91. The van der Waals surface area contributed by atoms with Gasteiger partial charge in [-0.2, -0.15) is 0 Å². The summed E-state index contributed by atoms with van der Waals surface area (Å²) >= 11 is 0. The normalized spacial score (nSPS) is 11.4. The standard InChI is InChI=1S/C55H35N3O/c1-5-16-36(17-6-1)41-32-42(37-18-7-2-8-19-37)34-43(33-41)45-26-15-27-50-52(45)49-29-28-40(35-51(49)59-50)54-56-53(39-22-11-4-12-23-39)57-55(58-54)48-31-30-44(38-20-9-3-10-21-38)46-24-13-14-25-47(46)48/h1-35H. The van der Waals surface area contributed by atoms with Crippen molar-refractivity contribution in [2.75, 3.05) is 0 Å². The molecule has 0 saturated carbocycles. The molecule has 0 saturated heterocycles. The Bertz CT molecular complexity index is 3250.